The molecular formula is C19H20FN3O5. The summed E-state index contributed by atoms with van der Waals surface area (Å²) >= 11 is 0. The Balaban J connectivity index is 1.87. The third-order valence-corrected chi connectivity index (χ3v) is 5.43. The van der Waals surface area contributed by atoms with Crippen LogP contribution in [0.15, 0.2) is 17.1 Å². The summed E-state index contributed by atoms with van der Waals surface area (Å²) in [5.41, 5.74) is -1.13. The first-order chi connectivity index (χ1) is 13.3. The molecule has 0 atom stereocenters. The van der Waals surface area contributed by atoms with Crippen LogP contribution >= 0.6 is 0 Å². The molecule has 0 unspecified atom stereocenters. The standard InChI is InChI=1S/C19H20FN3O5/c1-10(24)21-4-6-22(7-5-21)16-14(20)8-12-15(18(16)26)23(11-2-3-11)9-13(17(12)25)19(27)28/h8-9,11,26H,2-7H2,1H3,(H,27,28). The van der Waals surface area contributed by atoms with Crippen LogP contribution in [0.3, 0.4) is 0 Å². The van der Waals surface area contributed by atoms with Crippen LogP contribution in [0.4, 0.5) is 10.1 Å². The van der Waals surface area contributed by atoms with Crippen LogP contribution in [0.1, 0.15) is 36.2 Å². The summed E-state index contributed by atoms with van der Waals surface area (Å²) in [7, 11) is 0. The Morgan fingerprint density at radius 3 is 2.36 bits per heavy atom. The summed E-state index contributed by atoms with van der Waals surface area (Å²) < 4.78 is 16.5. The molecule has 2 N–H and O–H groups in total. The number of phenolic OH excluding ortho intramolecular Hbond substituents is 1. The van der Waals surface area contributed by atoms with E-state index in [-0.39, 0.29) is 34.3 Å². The highest BCUT2D eigenvalue weighted by Gasteiger charge is 2.31. The maximum Gasteiger partial charge on any atom is 0.341 e. The van der Waals surface area contributed by atoms with Gasteiger partial charge in [-0.1, -0.05) is 0 Å². The first-order valence-corrected chi connectivity index (χ1v) is 9.13. The van der Waals surface area contributed by atoms with Crippen LogP contribution in [0.2, 0.25) is 0 Å². The van der Waals surface area contributed by atoms with Gasteiger partial charge in [0, 0.05) is 45.3 Å². The molecule has 2 aliphatic rings. The van der Waals surface area contributed by atoms with Gasteiger partial charge < -0.3 is 24.6 Å². The Hall–Kier alpha value is -3.10. The molecule has 2 fully saturated rings. The van der Waals surface area contributed by atoms with E-state index in [0.717, 1.165) is 18.9 Å². The fourth-order valence-electron chi connectivity index (χ4n) is 3.80. The zero-order chi connectivity index (χ0) is 20.2. The smallest absolute Gasteiger partial charge is 0.341 e. The molecule has 2 aromatic rings. The van der Waals surface area contributed by atoms with Crippen molar-refractivity contribution in [3.63, 3.8) is 0 Å². The number of rotatable bonds is 3. The zero-order valence-electron chi connectivity index (χ0n) is 15.3. The maximum atomic E-state index is 14.9. The summed E-state index contributed by atoms with van der Waals surface area (Å²) in [5, 5.41) is 20.1. The van der Waals surface area contributed by atoms with Crippen molar-refractivity contribution in [2.24, 2.45) is 0 Å². The number of pyridine rings is 1. The number of anilines is 1. The molecule has 1 aliphatic carbocycles. The normalized spacial score (nSPS) is 17.2. The molecule has 1 amide bonds. The third-order valence-electron chi connectivity index (χ3n) is 5.43. The van der Waals surface area contributed by atoms with Gasteiger partial charge in [-0.05, 0) is 18.9 Å². The molecule has 2 heterocycles. The average molecular weight is 389 g/mol. The molecule has 4 rings (SSSR count). The molecule has 8 nitrogen and oxygen atoms in total. The van der Waals surface area contributed by atoms with Crippen molar-refractivity contribution in [2.45, 2.75) is 25.8 Å². The molecule has 0 bridgehead atoms. The summed E-state index contributed by atoms with van der Waals surface area (Å²) in [6.45, 7) is 2.96. The maximum absolute atomic E-state index is 14.9. The Kier molecular flexibility index (Phi) is 4.24. The van der Waals surface area contributed by atoms with E-state index in [1.54, 1.807) is 14.4 Å². The lowest BCUT2D eigenvalue weighted by molar-refractivity contribution is -0.129. The van der Waals surface area contributed by atoms with Crippen LogP contribution in [0.5, 0.6) is 5.75 Å². The minimum Gasteiger partial charge on any atom is -0.504 e. The predicted molar refractivity (Wildman–Crippen MR) is 99.5 cm³/mol. The number of benzene rings is 1. The number of carbonyl (C=O) groups is 2. The van der Waals surface area contributed by atoms with Gasteiger partial charge in [-0.25, -0.2) is 9.18 Å². The number of aromatic hydroxyl groups is 1. The number of carbonyl (C=O) groups excluding carboxylic acids is 1. The van der Waals surface area contributed by atoms with Gasteiger partial charge in [0.15, 0.2) is 11.6 Å². The number of piperazine rings is 1. The van der Waals surface area contributed by atoms with Crippen molar-refractivity contribution in [2.75, 3.05) is 31.1 Å². The third kappa shape index (κ3) is 2.87. The van der Waals surface area contributed by atoms with Crippen molar-refractivity contribution in [3.05, 3.63) is 33.9 Å². The lowest BCUT2D eigenvalue weighted by atomic mass is 10.1. The molecule has 1 saturated carbocycles. The van der Waals surface area contributed by atoms with E-state index >= 15 is 0 Å². The Bertz CT molecular complexity index is 1050. The van der Waals surface area contributed by atoms with E-state index in [0.29, 0.717) is 26.2 Å². The number of aromatic nitrogens is 1. The molecule has 1 aliphatic heterocycles. The van der Waals surface area contributed by atoms with Crippen molar-refractivity contribution in [3.8, 4) is 5.75 Å². The molecule has 0 radical (unpaired) electrons. The monoisotopic (exact) mass is 389 g/mol. The van der Waals surface area contributed by atoms with Crippen LogP contribution in [-0.4, -0.2) is 57.7 Å². The van der Waals surface area contributed by atoms with Crippen LogP contribution in [-0.2, 0) is 4.79 Å². The summed E-state index contributed by atoms with van der Waals surface area (Å²) in [6, 6.07) is 0.982. The highest BCUT2D eigenvalue weighted by Crippen LogP contribution is 2.43. The van der Waals surface area contributed by atoms with E-state index in [9.17, 15) is 29.0 Å². The van der Waals surface area contributed by atoms with Gasteiger partial charge in [-0.2, -0.15) is 0 Å². The lowest BCUT2D eigenvalue weighted by Gasteiger charge is -2.36. The summed E-state index contributed by atoms with van der Waals surface area (Å²) in [6.07, 6.45) is 2.82. The van der Waals surface area contributed by atoms with E-state index in [2.05, 4.69) is 0 Å². The molecule has 0 spiro atoms. The molecule has 148 valence electrons. The number of hydrogen-bond acceptors (Lipinski definition) is 5. The number of amides is 1. The largest absolute Gasteiger partial charge is 0.504 e. The lowest BCUT2D eigenvalue weighted by Crippen LogP contribution is -2.48. The molecular weight excluding hydrogens is 369 g/mol. The Morgan fingerprint density at radius 2 is 1.82 bits per heavy atom. The van der Waals surface area contributed by atoms with Crippen LogP contribution in [0, 0.1) is 5.82 Å². The average Bonchev–Trinajstić information content (AvgIpc) is 3.47. The van der Waals surface area contributed by atoms with E-state index in [4.69, 9.17) is 0 Å². The molecule has 1 saturated heterocycles. The first-order valence-electron chi connectivity index (χ1n) is 9.13. The van der Waals surface area contributed by atoms with Crippen LogP contribution < -0.4 is 10.3 Å². The van der Waals surface area contributed by atoms with Gasteiger partial charge in [-0.15, -0.1) is 0 Å². The van der Waals surface area contributed by atoms with Crippen molar-refractivity contribution in [1.29, 1.82) is 0 Å². The van der Waals surface area contributed by atoms with Gasteiger partial charge in [0.05, 0.1) is 10.9 Å². The number of carboxylic acid groups (broad SMARTS) is 1. The van der Waals surface area contributed by atoms with E-state index in [1.165, 1.54) is 13.1 Å². The highest BCUT2D eigenvalue weighted by atomic mass is 19.1. The van der Waals surface area contributed by atoms with Gasteiger partial charge in [0.1, 0.15) is 11.3 Å². The van der Waals surface area contributed by atoms with E-state index < -0.39 is 22.8 Å². The quantitative estimate of drug-likeness (QED) is 0.826. The fraction of sp³-hybridized carbons (Fsp3) is 0.421. The fourth-order valence-corrected chi connectivity index (χ4v) is 3.80. The molecule has 1 aromatic heterocycles. The Labute approximate surface area is 159 Å². The minimum absolute atomic E-state index is 0.0208. The van der Waals surface area contributed by atoms with E-state index in [1.807, 2.05) is 0 Å². The number of fused-ring (bicyclic) bond motifs is 1. The molecule has 9 heteroatoms. The number of carboxylic acids is 1. The number of nitrogens with zero attached hydrogens (tertiary/aromatic N) is 3. The van der Waals surface area contributed by atoms with Gasteiger partial charge in [0.25, 0.3) is 0 Å². The predicted octanol–water partition coefficient (Wildman–Crippen LogP) is 1.55. The highest BCUT2D eigenvalue weighted by molar-refractivity contribution is 5.97. The van der Waals surface area contributed by atoms with Crippen molar-refractivity contribution >= 4 is 28.5 Å². The molecule has 28 heavy (non-hydrogen) atoms. The number of halogens is 1. The minimum atomic E-state index is -1.38. The Morgan fingerprint density at radius 1 is 1.18 bits per heavy atom. The topological polar surface area (TPSA) is 103 Å². The second kappa shape index (κ2) is 6.50. The first kappa shape index (κ1) is 18.3. The summed E-state index contributed by atoms with van der Waals surface area (Å²) in [4.78, 5) is 38.8. The van der Waals surface area contributed by atoms with Crippen LogP contribution in [0.25, 0.3) is 10.9 Å². The number of hydrogen-bond donors (Lipinski definition) is 2. The van der Waals surface area contributed by atoms with Crippen molar-refractivity contribution < 1.29 is 24.2 Å². The second-order valence-corrected chi connectivity index (χ2v) is 7.26. The number of phenols is 1. The SMILES string of the molecule is CC(=O)N1CCN(c2c(F)cc3c(=O)c(C(=O)O)cn(C4CC4)c3c2O)CC1. The van der Waals surface area contributed by atoms with Crippen molar-refractivity contribution in [1.82, 2.24) is 9.47 Å². The summed E-state index contributed by atoms with van der Waals surface area (Å²) in [5.74, 6) is -2.60. The van der Waals surface area contributed by atoms with Gasteiger partial charge in [0.2, 0.25) is 11.3 Å². The zero-order valence-corrected chi connectivity index (χ0v) is 15.3. The van der Waals surface area contributed by atoms with Gasteiger partial charge in [-0.3, -0.25) is 9.59 Å². The second-order valence-electron chi connectivity index (χ2n) is 7.26. The molecule has 1 aromatic carbocycles. The van der Waals surface area contributed by atoms with Gasteiger partial charge >= 0.3 is 5.97 Å². The number of aromatic carboxylic acids is 1.